The van der Waals surface area contributed by atoms with E-state index in [2.05, 4.69) is 5.32 Å². The standard InChI is InChI=1S/C19H19FN2O2/c1-13-4-6-14(7-5-13)19(24)22-12-2-3-17(22)18(23)21-16-10-8-15(20)9-11-16/h4-11,17H,2-3,12H2,1H3,(H,21,23)/t17-/m0/s1. The van der Waals surface area contributed by atoms with Crippen LogP contribution < -0.4 is 5.32 Å². The second-order valence-corrected chi connectivity index (χ2v) is 6.02. The van der Waals surface area contributed by atoms with Gasteiger partial charge in [-0.05, 0) is 56.2 Å². The van der Waals surface area contributed by atoms with E-state index in [4.69, 9.17) is 0 Å². The lowest BCUT2D eigenvalue weighted by atomic mass is 10.1. The third-order valence-electron chi connectivity index (χ3n) is 4.23. The van der Waals surface area contributed by atoms with E-state index < -0.39 is 6.04 Å². The Hall–Kier alpha value is -2.69. The largest absolute Gasteiger partial charge is 0.327 e. The van der Waals surface area contributed by atoms with Crippen LogP contribution in [0.2, 0.25) is 0 Å². The molecule has 0 bridgehead atoms. The molecular weight excluding hydrogens is 307 g/mol. The van der Waals surface area contributed by atoms with E-state index in [1.54, 1.807) is 17.0 Å². The minimum absolute atomic E-state index is 0.133. The van der Waals surface area contributed by atoms with Crippen LogP contribution in [-0.2, 0) is 4.79 Å². The summed E-state index contributed by atoms with van der Waals surface area (Å²) in [4.78, 5) is 26.8. The van der Waals surface area contributed by atoms with Crippen LogP contribution in [-0.4, -0.2) is 29.3 Å². The fraction of sp³-hybridized carbons (Fsp3) is 0.263. The molecule has 124 valence electrons. The molecule has 0 spiro atoms. The lowest BCUT2D eigenvalue weighted by molar-refractivity contribution is -0.119. The topological polar surface area (TPSA) is 49.4 Å². The van der Waals surface area contributed by atoms with E-state index in [0.29, 0.717) is 24.2 Å². The Labute approximate surface area is 140 Å². The van der Waals surface area contributed by atoms with Gasteiger partial charge in [-0.3, -0.25) is 9.59 Å². The van der Waals surface area contributed by atoms with E-state index in [1.807, 2.05) is 19.1 Å². The van der Waals surface area contributed by atoms with E-state index >= 15 is 0 Å². The zero-order chi connectivity index (χ0) is 17.1. The second-order valence-electron chi connectivity index (χ2n) is 6.02. The fourth-order valence-electron chi connectivity index (χ4n) is 2.90. The number of amides is 2. The van der Waals surface area contributed by atoms with Crippen molar-refractivity contribution in [3.05, 3.63) is 65.5 Å². The van der Waals surface area contributed by atoms with Gasteiger partial charge in [-0.15, -0.1) is 0 Å². The molecule has 1 atom stereocenters. The number of carbonyl (C=O) groups excluding carboxylic acids is 2. The third kappa shape index (κ3) is 3.45. The van der Waals surface area contributed by atoms with Gasteiger partial charge in [0.2, 0.25) is 5.91 Å². The van der Waals surface area contributed by atoms with Gasteiger partial charge in [0.05, 0.1) is 0 Å². The molecule has 2 aromatic rings. The van der Waals surface area contributed by atoms with Crippen LogP contribution in [0.15, 0.2) is 48.5 Å². The SMILES string of the molecule is Cc1ccc(C(=O)N2CCC[C@H]2C(=O)Nc2ccc(F)cc2)cc1. The minimum atomic E-state index is -0.496. The highest BCUT2D eigenvalue weighted by molar-refractivity contribution is 6.01. The Morgan fingerprint density at radius 1 is 1.08 bits per heavy atom. The van der Waals surface area contributed by atoms with E-state index in [1.165, 1.54) is 24.3 Å². The lowest BCUT2D eigenvalue weighted by Gasteiger charge is -2.24. The van der Waals surface area contributed by atoms with Gasteiger partial charge in [0.15, 0.2) is 0 Å². The molecule has 24 heavy (non-hydrogen) atoms. The van der Waals surface area contributed by atoms with Crippen molar-refractivity contribution in [3.63, 3.8) is 0 Å². The first-order valence-corrected chi connectivity index (χ1v) is 7.98. The predicted octanol–water partition coefficient (Wildman–Crippen LogP) is 3.38. The molecule has 0 saturated carbocycles. The zero-order valence-corrected chi connectivity index (χ0v) is 13.5. The normalized spacial score (nSPS) is 16.9. The summed E-state index contributed by atoms with van der Waals surface area (Å²) in [6.07, 6.45) is 1.42. The Morgan fingerprint density at radius 3 is 2.42 bits per heavy atom. The molecule has 0 aliphatic carbocycles. The second kappa shape index (κ2) is 6.83. The molecule has 1 N–H and O–H groups in total. The maximum absolute atomic E-state index is 12.9. The average molecular weight is 326 g/mol. The number of aryl methyl sites for hydroxylation is 1. The van der Waals surface area contributed by atoms with Crippen LogP contribution in [0, 0.1) is 12.7 Å². The van der Waals surface area contributed by atoms with E-state index in [-0.39, 0.29) is 17.6 Å². The summed E-state index contributed by atoms with van der Waals surface area (Å²) >= 11 is 0. The molecule has 0 radical (unpaired) electrons. The molecule has 0 unspecified atom stereocenters. The zero-order valence-electron chi connectivity index (χ0n) is 13.5. The van der Waals surface area contributed by atoms with Crippen molar-refractivity contribution in [2.45, 2.75) is 25.8 Å². The van der Waals surface area contributed by atoms with Gasteiger partial charge >= 0.3 is 0 Å². The molecule has 1 heterocycles. The molecule has 3 rings (SSSR count). The van der Waals surface area contributed by atoms with E-state index in [9.17, 15) is 14.0 Å². The van der Waals surface area contributed by atoms with Crippen molar-refractivity contribution in [2.75, 3.05) is 11.9 Å². The summed E-state index contributed by atoms with van der Waals surface area (Å²) in [6, 6.07) is 12.4. The number of likely N-dealkylation sites (tertiary alicyclic amines) is 1. The summed E-state index contributed by atoms with van der Waals surface area (Å²) in [6.45, 7) is 2.53. The number of hydrogen-bond donors (Lipinski definition) is 1. The molecule has 1 saturated heterocycles. The van der Waals surface area contributed by atoms with Crippen molar-refractivity contribution in [1.82, 2.24) is 4.90 Å². The molecule has 2 aromatic carbocycles. The first kappa shape index (κ1) is 16.2. The molecule has 0 aromatic heterocycles. The predicted molar refractivity (Wildman–Crippen MR) is 90.3 cm³/mol. The summed E-state index contributed by atoms with van der Waals surface area (Å²) < 4.78 is 12.9. The molecule has 4 nitrogen and oxygen atoms in total. The summed E-state index contributed by atoms with van der Waals surface area (Å²) in [5.74, 6) is -0.726. The first-order chi connectivity index (χ1) is 11.5. The van der Waals surface area contributed by atoms with Crippen LogP contribution in [0.4, 0.5) is 10.1 Å². The van der Waals surface area contributed by atoms with Crippen molar-refractivity contribution in [1.29, 1.82) is 0 Å². The fourth-order valence-corrected chi connectivity index (χ4v) is 2.90. The highest BCUT2D eigenvalue weighted by atomic mass is 19.1. The van der Waals surface area contributed by atoms with Gasteiger partial charge in [0, 0.05) is 17.8 Å². The molecule has 5 heteroatoms. The van der Waals surface area contributed by atoms with Gasteiger partial charge in [0.25, 0.3) is 5.91 Å². The Kier molecular flexibility index (Phi) is 4.60. The van der Waals surface area contributed by atoms with Crippen LogP contribution >= 0.6 is 0 Å². The van der Waals surface area contributed by atoms with Crippen molar-refractivity contribution in [3.8, 4) is 0 Å². The summed E-state index contributed by atoms with van der Waals surface area (Å²) in [5.41, 5.74) is 2.19. The summed E-state index contributed by atoms with van der Waals surface area (Å²) in [7, 11) is 0. The number of nitrogens with one attached hydrogen (secondary N) is 1. The number of halogens is 1. The Bertz CT molecular complexity index is 741. The monoisotopic (exact) mass is 326 g/mol. The number of anilines is 1. The van der Waals surface area contributed by atoms with Crippen LogP contribution in [0.25, 0.3) is 0 Å². The average Bonchev–Trinajstić information content (AvgIpc) is 3.07. The number of nitrogens with zero attached hydrogens (tertiary/aromatic N) is 1. The quantitative estimate of drug-likeness (QED) is 0.940. The van der Waals surface area contributed by atoms with Gasteiger partial charge in [-0.1, -0.05) is 17.7 Å². The number of rotatable bonds is 3. The Morgan fingerprint density at radius 2 is 1.75 bits per heavy atom. The van der Waals surface area contributed by atoms with Crippen LogP contribution in [0.5, 0.6) is 0 Å². The van der Waals surface area contributed by atoms with Gasteiger partial charge in [-0.25, -0.2) is 4.39 Å². The molecule has 1 fully saturated rings. The molecule has 2 amide bonds. The molecular formula is C19H19FN2O2. The van der Waals surface area contributed by atoms with Crippen LogP contribution in [0.3, 0.4) is 0 Å². The van der Waals surface area contributed by atoms with Crippen molar-refractivity contribution < 1.29 is 14.0 Å². The summed E-state index contributed by atoms with van der Waals surface area (Å²) in [5, 5.41) is 2.76. The highest BCUT2D eigenvalue weighted by Gasteiger charge is 2.34. The lowest BCUT2D eigenvalue weighted by Crippen LogP contribution is -2.43. The van der Waals surface area contributed by atoms with Crippen LogP contribution in [0.1, 0.15) is 28.8 Å². The first-order valence-electron chi connectivity index (χ1n) is 7.98. The van der Waals surface area contributed by atoms with Gasteiger partial charge < -0.3 is 10.2 Å². The number of hydrogen-bond acceptors (Lipinski definition) is 2. The van der Waals surface area contributed by atoms with Gasteiger partial charge in [-0.2, -0.15) is 0 Å². The molecule has 1 aliphatic heterocycles. The number of benzene rings is 2. The Balaban J connectivity index is 1.72. The van der Waals surface area contributed by atoms with Crippen molar-refractivity contribution in [2.24, 2.45) is 0 Å². The molecule has 1 aliphatic rings. The maximum Gasteiger partial charge on any atom is 0.254 e. The van der Waals surface area contributed by atoms with E-state index in [0.717, 1.165) is 12.0 Å². The smallest absolute Gasteiger partial charge is 0.254 e. The minimum Gasteiger partial charge on any atom is -0.327 e. The maximum atomic E-state index is 12.9. The van der Waals surface area contributed by atoms with Gasteiger partial charge in [0.1, 0.15) is 11.9 Å². The van der Waals surface area contributed by atoms with Crippen molar-refractivity contribution >= 4 is 17.5 Å². The highest BCUT2D eigenvalue weighted by Crippen LogP contribution is 2.22. The third-order valence-corrected chi connectivity index (χ3v) is 4.23. The number of carbonyl (C=O) groups is 2.